The largest absolute Gasteiger partial charge is 0.496 e. The van der Waals surface area contributed by atoms with Crippen molar-refractivity contribution in [1.29, 1.82) is 0 Å². The Hall–Kier alpha value is -1.39. The van der Waals surface area contributed by atoms with Gasteiger partial charge in [-0.25, -0.2) is 0 Å². The van der Waals surface area contributed by atoms with Crippen LogP contribution in [0.2, 0.25) is 0 Å². The highest BCUT2D eigenvalue weighted by molar-refractivity contribution is 5.94. The molecule has 0 bridgehead atoms. The summed E-state index contributed by atoms with van der Waals surface area (Å²) in [7, 11) is 3.54. The van der Waals surface area contributed by atoms with Crippen molar-refractivity contribution in [2.45, 2.75) is 32.9 Å². The maximum Gasteiger partial charge on any atom is 0.159 e. The first-order valence-electron chi connectivity index (χ1n) is 6.31. The molecule has 1 N–H and O–H groups in total. The molecule has 0 radical (unpaired) electrons. The van der Waals surface area contributed by atoms with Crippen LogP contribution in [0.5, 0.6) is 5.75 Å². The number of benzene rings is 1. The standard InChI is InChI=1S/C15H23NO3/c1-11(17)12-6-7-14(19-5)13(8-12)9-16(4)10-15(2,3)18/h6-8,18H,9-10H2,1-5H3. The van der Waals surface area contributed by atoms with Gasteiger partial charge in [-0.1, -0.05) is 0 Å². The van der Waals surface area contributed by atoms with E-state index in [0.29, 0.717) is 18.7 Å². The zero-order valence-electron chi connectivity index (χ0n) is 12.4. The normalized spacial score (nSPS) is 11.7. The van der Waals surface area contributed by atoms with E-state index in [0.717, 1.165) is 11.3 Å². The van der Waals surface area contributed by atoms with Gasteiger partial charge in [0.05, 0.1) is 12.7 Å². The van der Waals surface area contributed by atoms with Crippen molar-refractivity contribution in [2.75, 3.05) is 20.7 Å². The van der Waals surface area contributed by atoms with E-state index in [9.17, 15) is 9.90 Å². The Labute approximate surface area is 115 Å². The summed E-state index contributed by atoms with van der Waals surface area (Å²) in [5.74, 6) is 0.793. The van der Waals surface area contributed by atoms with E-state index in [1.54, 1.807) is 33.9 Å². The first-order valence-corrected chi connectivity index (χ1v) is 6.31. The van der Waals surface area contributed by atoms with E-state index in [-0.39, 0.29) is 5.78 Å². The number of rotatable bonds is 6. The summed E-state index contributed by atoms with van der Waals surface area (Å²) < 4.78 is 5.31. The molecule has 0 atom stereocenters. The lowest BCUT2D eigenvalue weighted by Crippen LogP contribution is -2.35. The SMILES string of the molecule is COc1ccc(C(C)=O)cc1CN(C)CC(C)(C)O. The Morgan fingerprint density at radius 2 is 2.05 bits per heavy atom. The van der Waals surface area contributed by atoms with E-state index >= 15 is 0 Å². The van der Waals surface area contributed by atoms with Crippen molar-refractivity contribution < 1.29 is 14.6 Å². The lowest BCUT2D eigenvalue weighted by molar-refractivity contribution is 0.0422. The van der Waals surface area contributed by atoms with E-state index in [4.69, 9.17) is 4.74 Å². The van der Waals surface area contributed by atoms with Crippen molar-refractivity contribution in [3.8, 4) is 5.75 Å². The Bertz CT molecular complexity index is 449. The molecule has 0 unspecified atom stereocenters. The summed E-state index contributed by atoms with van der Waals surface area (Å²) >= 11 is 0. The zero-order valence-corrected chi connectivity index (χ0v) is 12.4. The highest BCUT2D eigenvalue weighted by atomic mass is 16.5. The molecule has 0 saturated carbocycles. The van der Waals surface area contributed by atoms with Gasteiger partial charge in [0.15, 0.2) is 5.78 Å². The summed E-state index contributed by atoms with van der Waals surface area (Å²) in [6.45, 7) is 6.25. The molecular formula is C15H23NO3. The topological polar surface area (TPSA) is 49.8 Å². The Morgan fingerprint density at radius 3 is 2.53 bits per heavy atom. The quantitative estimate of drug-likeness (QED) is 0.800. The summed E-state index contributed by atoms with van der Waals surface area (Å²) in [6, 6.07) is 5.42. The molecule has 0 aromatic heterocycles. The summed E-state index contributed by atoms with van der Waals surface area (Å²) in [4.78, 5) is 13.4. The minimum Gasteiger partial charge on any atom is -0.496 e. The molecule has 19 heavy (non-hydrogen) atoms. The van der Waals surface area contributed by atoms with E-state index < -0.39 is 5.60 Å². The molecule has 1 rings (SSSR count). The van der Waals surface area contributed by atoms with Crippen LogP contribution in [0, 0.1) is 0 Å². The van der Waals surface area contributed by atoms with Crippen LogP contribution < -0.4 is 4.74 Å². The van der Waals surface area contributed by atoms with Gasteiger partial charge in [-0.05, 0) is 46.0 Å². The third kappa shape index (κ3) is 5.01. The molecule has 1 aromatic rings. The fourth-order valence-corrected chi connectivity index (χ4v) is 2.13. The van der Waals surface area contributed by atoms with Crippen molar-refractivity contribution in [3.05, 3.63) is 29.3 Å². The van der Waals surface area contributed by atoms with Crippen molar-refractivity contribution in [3.63, 3.8) is 0 Å². The summed E-state index contributed by atoms with van der Waals surface area (Å²) in [5, 5.41) is 9.81. The van der Waals surface area contributed by atoms with E-state index in [1.165, 1.54) is 0 Å². The predicted molar refractivity (Wildman–Crippen MR) is 75.6 cm³/mol. The molecule has 0 fully saturated rings. The fraction of sp³-hybridized carbons (Fsp3) is 0.533. The van der Waals surface area contributed by atoms with Gasteiger partial charge < -0.3 is 9.84 Å². The van der Waals surface area contributed by atoms with Crippen LogP contribution in [-0.2, 0) is 6.54 Å². The van der Waals surface area contributed by atoms with Gasteiger partial charge in [0.1, 0.15) is 5.75 Å². The molecule has 106 valence electrons. The molecule has 0 amide bonds. The van der Waals surface area contributed by atoms with Gasteiger partial charge in [-0.3, -0.25) is 9.69 Å². The first-order chi connectivity index (χ1) is 8.73. The first kappa shape index (κ1) is 15.7. The average molecular weight is 265 g/mol. The lowest BCUT2D eigenvalue weighted by Gasteiger charge is -2.26. The minimum atomic E-state index is -0.750. The van der Waals surface area contributed by atoms with Crippen LogP contribution in [0.4, 0.5) is 0 Å². The van der Waals surface area contributed by atoms with Crippen LogP contribution in [0.3, 0.4) is 0 Å². The number of methoxy groups -OCH3 is 1. The molecular weight excluding hydrogens is 242 g/mol. The summed E-state index contributed by atoms with van der Waals surface area (Å²) in [5.41, 5.74) is 0.870. The van der Waals surface area contributed by atoms with Crippen LogP contribution in [0.15, 0.2) is 18.2 Å². The van der Waals surface area contributed by atoms with Gasteiger partial charge in [0.25, 0.3) is 0 Å². The second kappa shape index (κ2) is 6.17. The lowest BCUT2D eigenvalue weighted by atomic mass is 10.1. The number of hydrogen-bond donors (Lipinski definition) is 1. The molecule has 1 aromatic carbocycles. The minimum absolute atomic E-state index is 0.0362. The third-order valence-corrected chi connectivity index (χ3v) is 2.78. The fourth-order valence-electron chi connectivity index (χ4n) is 2.13. The van der Waals surface area contributed by atoms with Crippen LogP contribution in [0.25, 0.3) is 0 Å². The van der Waals surface area contributed by atoms with Crippen LogP contribution in [0.1, 0.15) is 36.7 Å². The number of Topliss-reactive ketones (excluding diaryl/α,β-unsaturated/α-hetero) is 1. The number of aliphatic hydroxyl groups is 1. The van der Waals surface area contributed by atoms with E-state index in [2.05, 4.69) is 0 Å². The Balaban J connectivity index is 2.91. The van der Waals surface area contributed by atoms with Crippen molar-refractivity contribution >= 4 is 5.78 Å². The van der Waals surface area contributed by atoms with Gasteiger partial charge in [-0.15, -0.1) is 0 Å². The van der Waals surface area contributed by atoms with Gasteiger partial charge in [-0.2, -0.15) is 0 Å². The maximum atomic E-state index is 11.4. The second-order valence-electron chi connectivity index (χ2n) is 5.57. The van der Waals surface area contributed by atoms with Gasteiger partial charge in [0.2, 0.25) is 0 Å². The third-order valence-electron chi connectivity index (χ3n) is 2.78. The van der Waals surface area contributed by atoms with Crippen molar-refractivity contribution in [2.24, 2.45) is 0 Å². The molecule has 4 nitrogen and oxygen atoms in total. The number of carbonyl (C=O) groups excluding carboxylic acids is 1. The number of ether oxygens (including phenoxy) is 1. The molecule has 4 heteroatoms. The Kier molecular flexibility index (Phi) is 5.09. The Morgan fingerprint density at radius 1 is 1.42 bits per heavy atom. The number of ketones is 1. The summed E-state index contributed by atoms with van der Waals surface area (Å²) in [6.07, 6.45) is 0. The average Bonchev–Trinajstić information content (AvgIpc) is 2.26. The maximum absolute atomic E-state index is 11.4. The predicted octanol–water partition coefficient (Wildman–Crippen LogP) is 2.10. The highest BCUT2D eigenvalue weighted by Crippen LogP contribution is 2.22. The molecule has 0 aliphatic carbocycles. The molecule has 0 aliphatic rings. The van der Waals surface area contributed by atoms with Crippen LogP contribution >= 0.6 is 0 Å². The molecule has 0 spiro atoms. The smallest absolute Gasteiger partial charge is 0.159 e. The van der Waals surface area contributed by atoms with Gasteiger partial charge in [0, 0.05) is 24.2 Å². The number of nitrogens with zero attached hydrogens (tertiary/aromatic N) is 1. The van der Waals surface area contributed by atoms with Gasteiger partial charge >= 0.3 is 0 Å². The zero-order chi connectivity index (χ0) is 14.6. The van der Waals surface area contributed by atoms with Crippen molar-refractivity contribution in [1.82, 2.24) is 4.90 Å². The van der Waals surface area contributed by atoms with E-state index in [1.807, 2.05) is 24.1 Å². The molecule has 0 heterocycles. The molecule has 0 aliphatic heterocycles. The second-order valence-corrected chi connectivity index (χ2v) is 5.57. The monoisotopic (exact) mass is 265 g/mol. The van der Waals surface area contributed by atoms with Crippen LogP contribution in [-0.4, -0.2) is 42.1 Å². The number of likely N-dealkylation sites (N-methyl/N-ethyl adjacent to an activating group) is 1. The number of carbonyl (C=O) groups is 1. The number of hydrogen-bond acceptors (Lipinski definition) is 4. The molecule has 0 saturated heterocycles. The highest BCUT2D eigenvalue weighted by Gasteiger charge is 2.17.